The zero-order valence-electron chi connectivity index (χ0n) is 7.59. The van der Waals surface area contributed by atoms with E-state index in [9.17, 15) is 4.39 Å². The highest BCUT2D eigenvalue weighted by molar-refractivity contribution is 6.30. The van der Waals surface area contributed by atoms with Crippen molar-refractivity contribution in [2.75, 3.05) is 6.61 Å². The molecule has 1 unspecified atom stereocenters. The van der Waals surface area contributed by atoms with Gasteiger partial charge in [0.1, 0.15) is 11.6 Å². The van der Waals surface area contributed by atoms with Crippen LogP contribution in [0.5, 0.6) is 5.75 Å². The van der Waals surface area contributed by atoms with E-state index >= 15 is 0 Å². The van der Waals surface area contributed by atoms with Crippen LogP contribution in [0.4, 0.5) is 4.39 Å². The molecule has 1 atom stereocenters. The Labute approximate surface area is 86.8 Å². The molecule has 76 valence electrons. The van der Waals surface area contributed by atoms with Gasteiger partial charge in [0.05, 0.1) is 11.6 Å². The summed E-state index contributed by atoms with van der Waals surface area (Å²) in [5.74, 6) is 0.0661. The molecule has 1 aliphatic heterocycles. The van der Waals surface area contributed by atoms with Crippen molar-refractivity contribution in [1.29, 1.82) is 0 Å². The first kappa shape index (κ1) is 9.74. The molecule has 0 fully saturated rings. The molecule has 0 spiro atoms. The first-order valence-corrected chi connectivity index (χ1v) is 4.93. The fraction of sp³-hybridized carbons (Fsp3) is 0.400. The van der Waals surface area contributed by atoms with Gasteiger partial charge in [-0.15, -0.1) is 0 Å². The first-order chi connectivity index (χ1) is 6.68. The summed E-state index contributed by atoms with van der Waals surface area (Å²) in [6.45, 7) is 0.585. The largest absolute Gasteiger partial charge is 0.493 e. The Morgan fingerprint density at radius 3 is 3.07 bits per heavy atom. The third kappa shape index (κ3) is 1.70. The summed E-state index contributed by atoms with van der Waals surface area (Å²) in [4.78, 5) is 0. The minimum Gasteiger partial charge on any atom is -0.493 e. The van der Waals surface area contributed by atoms with E-state index in [0.717, 1.165) is 18.4 Å². The average molecular weight is 216 g/mol. The van der Waals surface area contributed by atoms with Crippen molar-refractivity contribution in [1.82, 2.24) is 0 Å². The summed E-state index contributed by atoms with van der Waals surface area (Å²) >= 11 is 5.68. The number of hydrogen-bond donors (Lipinski definition) is 1. The summed E-state index contributed by atoms with van der Waals surface area (Å²) in [7, 11) is 0. The molecule has 0 aliphatic carbocycles. The zero-order chi connectivity index (χ0) is 10.1. The zero-order valence-corrected chi connectivity index (χ0v) is 8.35. The molecule has 0 saturated carbocycles. The van der Waals surface area contributed by atoms with Crippen LogP contribution in [-0.2, 0) is 0 Å². The van der Waals surface area contributed by atoms with E-state index in [4.69, 9.17) is 22.1 Å². The van der Waals surface area contributed by atoms with Crippen LogP contribution in [0, 0.1) is 5.82 Å². The van der Waals surface area contributed by atoms with Crippen LogP contribution in [0.2, 0.25) is 5.02 Å². The van der Waals surface area contributed by atoms with E-state index in [2.05, 4.69) is 0 Å². The van der Waals surface area contributed by atoms with Gasteiger partial charge in [0, 0.05) is 17.7 Å². The third-order valence-corrected chi connectivity index (χ3v) is 2.66. The predicted molar refractivity (Wildman–Crippen MR) is 53.1 cm³/mol. The number of nitrogens with two attached hydrogens (primary N) is 1. The van der Waals surface area contributed by atoms with Gasteiger partial charge < -0.3 is 10.5 Å². The van der Waals surface area contributed by atoms with Gasteiger partial charge >= 0.3 is 0 Å². The molecule has 0 radical (unpaired) electrons. The summed E-state index contributed by atoms with van der Waals surface area (Å²) < 4.78 is 18.5. The molecule has 0 bridgehead atoms. The van der Waals surface area contributed by atoms with Crippen molar-refractivity contribution in [3.05, 3.63) is 28.5 Å². The maximum Gasteiger partial charge on any atom is 0.145 e. The summed E-state index contributed by atoms with van der Waals surface area (Å²) in [5, 5.41) is 0.102. The van der Waals surface area contributed by atoms with Crippen molar-refractivity contribution < 1.29 is 9.13 Å². The lowest BCUT2D eigenvalue weighted by Crippen LogP contribution is -2.09. The Morgan fingerprint density at radius 1 is 1.50 bits per heavy atom. The maximum atomic E-state index is 13.1. The quantitative estimate of drug-likeness (QED) is 0.722. The van der Waals surface area contributed by atoms with Crippen LogP contribution in [0.25, 0.3) is 0 Å². The number of hydrogen-bond acceptors (Lipinski definition) is 2. The number of benzene rings is 1. The van der Waals surface area contributed by atoms with Crippen molar-refractivity contribution >= 4 is 11.6 Å². The second-order valence-corrected chi connectivity index (χ2v) is 3.81. The lowest BCUT2D eigenvalue weighted by atomic mass is 10.0. The van der Waals surface area contributed by atoms with Gasteiger partial charge in [0.15, 0.2) is 0 Å². The molecule has 1 aromatic rings. The lowest BCUT2D eigenvalue weighted by molar-refractivity contribution is 0.314. The van der Waals surface area contributed by atoms with Crippen molar-refractivity contribution in [2.45, 2.75) is 18.9 Å². The molecule has 0 aromatic heterocycles. The minimum absolute atomic E-state index is 0.102. The highest BCUT2D eigenvalue weighted by Gasteiger charge is 2.18. The van der Waals surface area contributed by atoms with E-state index < -0.39 is 5.82 Å². The molecule has 4 heteroatoms. The molecule has 2 nitrogen and oxygen atoms in total. The van der Waals surface area contributed by atoms with Gasteiger partial charge in [-0.3, -0.25) is 0 Å². The highest BCUT2D eigenvalue weighted by Crippen LogP contribution is 2.33. The van der Waals surface area contributed by atoms with Gasteiger partial charge in [-0.05, 0) is 18.9 Å². The van der Waals surface area contributed by atoms with Crippen molar-refractivity contribution in [2.24, 2.45) is 5.73 Å². The molecule has 2 rings (SSSR count). The molecule has 1 aliphatic rings. The normalized spacial score (nSPS) is 20.9. The molecular weight excluding hydrogens is 205 g/mol. The minimum atomic E-state index is -0.459. The first-order valence-electron chi connectivity index (χ1n) is 4.56. The Bertz CT molecular complexity index is 356. The summed E-state index contributed by atoms with van der Waals surface area (Å²) in [5.41, 5.74) is 6.70. The molecule has 14 heavy (non-hydrogen) atoms. The topological polar surface area (TPSA) is 35.2 Å². The number of ether oxygens (including phenoxy) is 1. The smallest absolute Gasteiger partial charge is 0.145 e. The Morgan fingerprint density at radius 2 is 2.29 bits per heavy atom. The van der Waals surface area contributed by atoms with E-state index in [-0.39, 0.29) is 11.1 Å². The second kappa shape index (κ2) is 3.75. The van der Waals surface area contributed by atoms with Gasteiger partial charge in [-0.1, -0.05) is 11.6 Å². The fourth-order valence-electron chi connectivity index (χ4n) is 1.60. The maximum absolute atomic E-state index is 13.1. The number of halogens is 2. The Balaban J connectivity index is 2.49. The van der Waals surface area contributed by atoms with Crippen LogP contribution in [-0.4, -0.2) is 6.61 Å². The van der Waals surface area contributed by atoms with Crippen LogP contribution in [0.1, 0.15) is 24.4 Å². The fourth-order valence-corrected chi connectivity index (χ4v) is 1.77. The molecule has 1 aromatic carbocycles. The SMILES string of the molecule is NC1CCCOc2cc(F)c(Cl)cc21. The summed E-state index contributed by atoms with van der Waals surface area (Å²) in [6, 6.07) is 2.76. The van der Waals surface area contributed by atoms with Gasteiger partial charge in [-0.25, -0.2) is 4.39 Å². The Hall–Kier alpha value is -0.800. The molecule has 1 heterocycles. The van der Waals surface area contributed by atoms with E-state index in [1.165, 1.54) is 6.07 Å². The molecular formula is C10H11ClFNO. The van der Waals surface area contributed by atoms with Gasteiger partial charge in [0.25, 0.3) is 0 Å². The predicted octanol–water partition coefficient (Wildman–Crippen LogP) is 2.65. The number of fused-ring (bicyclic) bond motifs is 1. The van der Waals surface area contributed by atoms with Crippen LogP contribution in [0.15, 0.2) is 12.1 Å². The molecule has 2 N–H and O–H groups in total. The van der Waals surface area contributed by atoms with E-state index in [1.54, 1.807) is 6.07 Å². The van der Waals surface area contributed by atoms with E-state index in [0.29, 0.717) is 12.4 Å². The van der Waals surface area contributed by atoms with Crippen LogP contribution >= 0.6 is 11.6 Å². The average Bonchev–Trinajstić information content (AvgIpc) is 2.31. The number of rotatable bonds is 0. The van der Waals surface area contributed by atoms with Crippen molar-refractivity contribution in [3.63, 3.8) is 0 Å². The lowest BCUT2D eigenvalue weighted by Gasteiger charge is -2.12. The van der Waals surface area contributed by atoms with Crippen LogP contribution in [0.3, 0.4) is 0 Å². The monoisotopic (exact) mass is 215 g/mol. The molecule has 0 amide bonds. The van der Waals surface area contributed by atoms with E-state index in [1.807, 2.05) is 0 Å². The molecule has 0 saturated heterocycles. The Kier molecular flexibility index (Phi) is 2.61. The second-order valence-electron chi connectivity index (χ2n) is 3.40. The highest BCUT2D eigenvalue weighted by atomic mass is 35.5. The van der Waals surface area contributed by atoms with Crippen LogP contribution < -0.4 is 10.5 Å². The van der Waals surface area contributed by atoms with Gasteiger partial charge in [0.2, 0.25) is 0 Å². The third-order valence-electron chi connectivity index (χ3n) is 2.37. The van der Waals surface area contributed by atoms with Crippen molar-refractivity contribution in [3.8, 4) is 5.75 Å². The summed E-state index contributed by atoms with van der Waals surface area (Å²) in [6.07, 6.45) is 1.73. The van der Waals surface area contributed by atoms with Gasteiger partial charge in [-0.2, -0.15) is 0 Å². The standard InChI is InChI=1S/C10H11ClFNO/c11-7-4-6-9(13)2-1-3-14-10(6)5-8(7)12/h4-5,9H,1-3,13H2.